The molecule has 0 aliphatic carbocycles. The predicted molar refractivity (Wildman–Crippen MR) is 12.1 cm³/mol. The van der Waals surface area contributed by atoms with Crippen LogP contribution in [0.5, 0.6) is 0 Å². The molecule has 0 atom stereocenters. The minimum Gasteiger partial charge on any atom is -0.548 e. The Bertz CT molecular complexity index is 44.1. The van der Waals surface area contributed by atoms with Gasteiger partial charge in [-0.1, -0.05) is 0 Å². The standard InChI is InChI=1S/C2H4O3.Co/c3-1-2(4)5;/h3H,1H2,(H,4,5);/p-1. The first-order valence-electron chi connectivity index (χ1n) is 1.08. The number of carbonyl (C=O) groups excluding carboxylic acids is 1. The van der Waals surface area contributed by atoms with Crippen molar-refractivity contribution in [3.63, 3.8) is 0 Å². The molecule has 0 aromatic carbocycles. The van der Waals surface area contributed by atoms with E-state index in [0.29, 0.717) is 0 Å². The molecular formula is C2H3CoO3-. The maximum absolute atomic E-state index is 9.01. The van der Waals surface area contributed by atoms with E-state index in [1.165, 1.54) is 0 Å². The number of hydrogen-bond donors (Lipinski definition) is 1. The van der Waals surface area contributed by atoms with Crippen LogP contribution in [0.25, 0.3) is 0 Å². The normalized spacial score (nSPS) is 6.17. The molecule has 0 aromatic rings. The average Bonchev–Trinajstić information content (AvgIpc) is 1.38. The van der Waals surface area contributed by atoms with Gasteiger partial charge in [0.2, 0.25) is 0 Å². The molecule has 0 aliphatic heterocycles. The van der Waals surface area contributed by atoms with E-state index in [1.54, 1.807) is 0 Å². The molecule has 0 saturated carbocycles. The second-order valence-electron chi connectivity index (χ2n) is 0.530. The molecule has 4 heteroatoms. The van der Waals surface area contributed by atoms with Gasteiger partial charge in [-0.3, -0.25) is 0 Å². The number of carboxylic acids is 1. The van der Waals surface area contributed by atoms with Crippen molar-refractivity contribution in [1.29, 1.82) is 0 Å². The number of carbonyl (C=O) groups is 1. The maximum atomic E-state index is 9.01. The van der Waals surface area contributed by atoms with Crippen molar-refractivity contribution in [3.05, 3.63) is 0 Å². The molecule has 0 fully saturated rings. The molecule has 0 unspecified atom stereocenters. The van der Waals surface area contributed by atoms with Gasteiger partial charge in [-0.05, 0) is 0 Å². The Kier molecular flexibility index (Phi) is 7.68. The van der Waals surface area contributed by atoms with Crippen LogP contribution in [-0.4, -0.2) is 17.7 Å². The Hall–Kier alpha value is -0.0635. The summed E-state index contributed by atoms with van der Waals surface area (Å²) in [5.74, 6) is -1.44. The zero-order valence-corrected chi connectivity index (χ0v) is 3.85. The number of aliphatic carboxylic acids is 1. The van der Waals surface area contributed by atoms with Crippen LogP contribution < -0.4 is 5.11 Å². The monoisotopic (exact) mass is 134 g/mol. The summed E-state index contributed by atoms with van der Waals surface area (Å²) in [6, 6.07) is 0. The summed E-state index contributed by atoms with van der Waals surface area (Å²) in [7, 11) is 0. The molecule has 0 amide bonds. The minimum absolute atomic E-state index is 0. The first kappa shape index (κ1) is 9.34. The van der Waals surface area contributed by atoms with Crippen molar-refractivity contribution in [2.24, 2.45) is 0 Å². The van der Waals surface area contributed by atoms with E-state index < -0.39 is 12.6 Å². The van der Waals surface area contributed by atoms with Crippen LogP contribution in [0.1, 0.15) is 0 Å². The summed E-state index contributed by atoms with van der Waals surface area (Å²) in [5, 5.41) is 16.5. The molecule has 0 bridgehead atoms. The first-order chi connectivity index (χ1) is 2.27. The number of carboxylic acid groups (broad SMARTS) is 1. The molecule has 1 N–H and O–H groups in total. The molecule has 0 aromatic heterocycles. The van der Waals surface area contributed by atoms with Gasteiger partial charge in [0.15, 0.2) is 0 Å². The van der Waals surface area contributed by atoms with E-state index in [9.17, 15) is 0 Å². The van der Waals surface area contributed by atoms with Crippen molar-refractivity contribution in [3.8, 4) is 0 Å². The Morgan fingerprint density at radius 1 is 1.83 bits per heavy atom. The summed E-state index contributed by atoms with van der Waals surface area (Å²) in [4.78, 5) is 9.01. The minimum atomic E-state index is -1.44. The van der Waals surface area contributed by atoms with E-state index in [0.717, 1.165) is 0 Å². The molecule has 6 heavy (non-hydrogen) atoms. The van der Waals surface area contributed by atoms with Crippen LogP contribution in [-0.2, 0) is 21.6 Å². The largest absolute Gasteiger partial charge is 0.548 e. The number of aliphatic hydroxyl groups excluding tert-OH is 1. The second kappa shape index (κ2) is 4.94. The van der Waals surface area contributed by atoms with Crippen molar-refractivity contribution in [1.82, 2.24) is 0 Å². The second-order valence-corrected chi connectivity index (χ2v) is 0.530. The summed E-state index contributed by atoms with van der Waals surface area (Å²) in [6.07, 6.45) is 0. The van der Waals surface area contributed by atoms with E-state index in [2.05, 4.69) is 0 Å². The zero-order valence-electron chi connectivity index (χ0n) is 2.80. The zero-order chi connectivity index (χ0) is 4.28. The number of rotatable bonds is 1. The van der Waals surface area contributed by atoms with E-state index in [4.69, 9.17) is 15.0 Å². The van der Waals surface area contributed by atoms with Gasteiger partial charge in [0.25, 0.3) is 0 Å². The van der Waals surface area contributed by atoms with Crippen LogP contribution in [0.15, 0.2) is 0 Å². The van der Waals surface area contributed by atoms with Gasteiger partial charge >= 0.3 is 0 Å². The van der Waals surface area contributed by atoms with Crippen LogP contribution in [0, 0.1) is 0 Å². The van der Waals surface area contributed by atoms with Crippen molar-refractivity contribution in [2.75, 3.05) is 6.61 Å². The van der Waals surface area contributed by atoms with E-state index in [-0.39, 0.29) is 16.8 Å². The summed E-state index contributed by atoms with van der Waals surface area (Å²) >= 11 is 0. The molecular weight excluding hydrogens is 131 g/mol. The topological polar surface area (TPSA) is 60.4 Å². The van der Waals surface area contributed by atoms with Crippen molar-refractivity contribution in [2.45, 2.75) is 0 Å². The Balaban J connectivity index is 0. The quantitative estimate of drug-likeness (QED) is 0.439. The summed E-state index contributed by atoms with van der Waals surface area (Å²) < 4.78 is 0. The number of aliphatic hydroxyl groups is 1. The molecule has 1 radical (unpaired) electrons. The molecule has 0 heterocycles. The number of hydrogen-bond acceptors (Lipinski definition) is 3. The van der Waals surface area contributed by atoms with Gasteiger partial charge < -0.3 is 15.0 Å². The fourth-order valence-corrected chi connectivity index (χ4v) is 0. The average molecular weight is 134 g/mol. The Labute approximate surface area is 45.2 Å². The smallest absolute Gasteiger partial charge is 0.0826 e. The van der Waals surface area contributed by atoms with Gasteiger partial charge in [-0.2, -0.15) is 0 Å². The summed E-state index contributed by atoms with van der Waals surface area (Å²) in [5.41, 5.74) is 0. The van der Waals surface area contributed by atoms with E-state index >= 15 is 0 Å². The molecule has 0 saturated heterocycles. The third-order valence-corrected chi connectivity index (χ3v) is 0.129. The maximum Gasteiger partial charge on any atom is 0.0826 e. The SMILES string of the molecule is O=C([O-])CO.[Co]. The van der Waals surface area contributed by atoms with Crippen LogP contribution in [0.4, 0.5) is 0 Å². The Morgan fingerprint density at radius 3 is 2.00 bits per heavy atom. The first-order valence-corrected chi connectivity index (χ1v) is 1.08. The third kappa shape index (κ3) is 9.05. The van der Waals surface area contributed by atoms with Crippen molar-refractivity contribution >= 4 is 5.97 Å². The van der Waals surface area contributed by atoms with Crippen LogP contribution in [0.3, 0.4) is 0 Å². The fraction of sp³-hybridized carbons (Fsp3) is 0.500. The molecule has 3 nitrogen and oxygen atoms in total. The van der Waals surface area contributed by atoms with Gasteiger partial charge in [-0.15, -0.1) is 0 Å². The molecule has 0 aliphatic rings. The fourth-order valence-electron chi connectivity index (χ4n) is 0. The van der Waals surface area contributed by atoms with Crippen molar-refractivity contribution < 1.29 is 31.8 Å². The van der Waals surface area contributed by atoms with Gasteiger partial charge in [-0.25, -0.2) is 0 Å². The van der Waals surface area contributed by atoms with Gasteiger partial charge in [0.1, 0.15) is 0 Å². The third-order valence-electron chi connectivity index (χ3n) is 0.129. The van der Waals surface area contributed by atoms with Gasteiger partial charge in [0.05, 0.1) is 12.6 Å². The van der Waals surface area contributed by atoms with E-state index in [1.807, 2.05) is 0 Å². The molecule has 0 rings (SSSR count). The predicted octanol–water partition coefficient (Wildman–Crippen LogP) is -2.27. The Morgan fingerprint density at radius 2 is 2.00 bits per heavy atom. The molecule has 0 spiro atoms. The molecule has 39 valence electrons. The van der Waals surface area contributed by atoms with Crippen LogP contribution in [0.2, 0.25) is 0 Å². The van der Waals surface area contributed by atoms with Gasteiger partial charge in [0, 0.05) is 16.8 Å². The summed E-state index contributed by atoms with van der Waals surface area (Å²) in [6.45, 7) is -0.889. The van der Waals surface area contributed by atoms with Crippen LogP contribution >= 0.6 is 0 Å².